The molecule has 0 aliphatic carbocycles. The van der Waals surface area contributed by atoms with Crippen LogP contribution in [-0.4, -0.2) is 27.3 Å². The standard InChI is InChI=1S/C7H15N3S2/c1-4-5(2)12-6(3-11-4)7(8)10-9/h4-6H,3,9H2,1-2H3,(H2,8,10). The first-order valence-electron chi connectivity index (χ1n) is 3.95. The van der Waals surface area contributed by atoms with Gasteiger partial charge in [-0.1, -0.05) is 13.8 Å². The Labute approximate surface area is 81.7 Å². The van der Waals surface area contributed by atoms with E-state index in [9.17, 15) is 0 Å². The minimum absolute atomic E-state index is 0.311. The third kappa shape index (κ3) is 2.23. The molecule has 1 saturated heterocycles. The van der Waals surface area contributed by atoms with E-state index in [1.54, 1.807) is 0 Å². The molecule has 0 radical (unpaired) electrons. The van der Waals surface area contributed by atoms with Gasteiger partial charge in [-0.2, -0.15) is 16.9 Å². The average molecular weight is 205 g/mol. The van der Waals surface area contributed by atoms with E-state index in [0.29, 0.717) is 21.6 Å². The molecule has 0 saturated carbocycles. The highest BCUT2D eigenvalue weighted by atomic mass is 32.2. The molecule has 0 bridgehead atoms. The van der Waals surface area contributed by atoms with E-state index >= 15 is 0 Å². The molecular formula is C7H15N3S2. The normalized spacial score (nSPS) is 38.2. The van der Waals surface area contributed by atoms with Crippen LogP contribution in [0.4, 0.5) is 0 Å². The lowest BCUT2D eigenvalue weighted by atomic mass is 10.3. The third-order valence-electron chi connectivity index (χ3n) is 2.03. The number of thioether (sulfide) groups is 2. The van der Waals surface area contributed by atoms with Crippen molar-refractivity contribution in [2.45, 2.75) is 29.6 Å². The maximum atomic E-state index is 5.65. The second-order valence-electron chi connectivity index (χ2n) is 2.92. The quantitative estimate of drug-likeness (QED) is 0.288. The second-order valence-corrected chi connectivity index (χ2v) is 5.92. The fourth-order valence-corrected chi connectivity index (χ4v) is 3.86. The average Bonchev–Trinajstić information content (AvgIpc) is 2.08. The lowest BCUT2D eigenvalue weighted by Gasteiger charge is -2.30. The van der Waals surface area contributed by atoms with Crippen molar-refractivity contribution in [2.24, 2.45) is 16.7 Å². The van der Waals surface area contributed by atoms with Crippen molar-refractivity contribution in [1.29, 1.82) is 0 Å². The first-order valence-corrected chi connectivity index (χ1v) is 5.94. The Kier molecular flexibility index (Phi) is 3.58. The molecule has 0 aromatic rings. The maximum absolute atomic E-state index is 5.65. The summed E-state index contributed by atoms with van der Waals surface area (Å²) in [5.74, 6) is 6.73. The molecule has 1 heterocycles. The highest BCUT2D eigenvalue weighted by Crippen LogP contribution is 2.35. The van der Waals surface area contributed by atoms with Crippen molar-refractivity contribution in [3.63, 3.8) is 0 Å². The van der Waals surface area contributed by atoms with Gasteiger partial charge in [0.15, 0.2) is 0 Å². The van der Waals surface area contributed by atoms with Crippen molar-refractivity contribution in [3.05, 3.63) is 0 Å². The largest absolute Gasteiger partial charge is 0.385 e. The Morgan fingerprint density at radius 1 is 1.42 bits per heavy atom. The van der Waals surface area contributed by atoms with Gasteiger partial charge in [0.05, 0.1) is 5.25 Å². The number of hydrogen-bond acceptors (Lipinski definition) is 4. The van der Waals surface area contributed by atoms with Gasteiger partial charge in [0, 0.05) is 16.3 Å². The molecule has 3 atom stereocenters. The summed E-state index contributed by atoms with van der Waals surface area (Å²) in [5, 5.41) is 5.18. The molecule has 3 unspecified atom stereocenters. The molecule has 0 aromatic carbocycles. The summed E-state index contributed by atoms with van der Waals surface area (Å²) in [4.78, 5) is 0. The lowest BCUT2D eigenvalue weighted by molar-refractivity contribution is 0.909. The Morgan fingerprint density at radius 2 is 2.08 bits per heavy atom. The molecule has 70 valence electrons. The smallest absolute Gasteiger partial charge is 0.133 e. The van der Waals surface area contributed by atoms with Crippen LogP contribution in [0.1, 0.15) is 13.8 Å². The van der Waals surface area contributed by atoms with E-state index < -0.39 is 0 Å². The molecule has 1 fully saturated rings. The molecule has 5 heteroatoms. The molecule has 0 amide bonds. The third-order valence-corrected chi connectivity index (χ3v) is 5.45. The van der Waals surface area contributed by atoms with Gasteiger partial charge in [-0.25, -0.2) is 0 Å². The minimum atomic E-state index is 0.311. The number of amidine groups is 1. The van der Waals surface area contributed by atoms with E-state index in [-0.39, 0.29) is 0 Å². The summed E-state index contributed by atoms with van der Waals surface area (Å²) >= 11 is 3.81. The maximum Gasteiger partial charge on any atom is 0.133 e. The highest BCUT2D eigenvalue weighted by Gasteiger charge is 2.27. The Hall–Kier alpha value is -0.0300. The van der Waals surface area contributed by atoms with E-state index in [1.807, 2.05) is 23.5 Å². The highest BCUT2D eigenvalue weighted by molar-refractivity contribution is 8.08. The summed E-state index contributed by atoms with van der Waals surface area (Å²) in [7, 11) is 0. The summed E-state index contributed by atoms with van der Waals surface area (Å²) in [5.41, 5.74) is 5.65. The van der Waals surface area contributed by atoms with Crippen molar-refractivity contribution in [3.8, 4) is 0 Å². The summed E-state index contributed by atoms with van der Waals surface area (Å²) in [6.45, 7) is 4.46. The fraction of sp³-hybridized carbons (Fsp3) is 0.857. The van der Waals surface area contributed by atoms with Gasteiger partial charge < -0.3 is 11.6 Å². The van der Waals surface area contributed by atoms with Gasteiger partial charge in [-0.3, -0.25) is 0 Å². The molecule has 3 nitrogen and oxygen atoms in total. The number of nitrogens with two attached hydrogens (primary N) is 2. The molecular weight excluding hydrogens is 190 g/mol. The minimum Gasteiger partial charge on any atom is -0.385 e. The van der Waals surface area contributed by atoms with Crippen molar-refractivity contribution in [1.82, 2.24) is 0 Å². The molecule has 4 N–H and O–H groups in total. The number of hydrogen-bond donors (Lipinski definition) is 2. The molecule has 0 spiro atoms. The summed E-state index contributed by atoms with van der Waals surface area (Å²) in [6, 6.07) is 0. The molecule has 12 heavy (non-hydrogen) atoms. The second kappa shape index (κ2) is 4.28. The van der Waals surface area contributed by atoms with Crippen LogP contribution >= 0.6 is 23.5 Å². The van der Waals surface area contributed by atoms with Crippen LogP contribution in [0.15, 0.2) is 5.10 Å². The van der Waals surface area contributed by atoms with E-state index in [4.69, 9.17) is 11.6 Å². The Morgan fingerprint density at radius 3 is 2.58 bits per heavy atom. The van der Waals surface area contributed by atoms with Crippen LogP contribution in [0.25, 0.3) is 0 Å². The predicted molar refractivity (Wildman–Crippen MR) is 58.6 cm³/mol. The van der Waals surface area contributed by atoms with E-state index in [1.165, 1.54) is 0 Å². The molecule has 1 rings (SSSR count). The van der Waals surface area contributed by atoms with Crippen LogP contribution in [0.3, 0.4) is 0 Å². The van der Waals surface area contributed by atoms with Crippen LogP contribution < -0.4 is 11.6 Å². The van der Waals surface area contributed by atoms with Crippen molar-refractivity contribution in [2.75, 3.05) is 5.75 Å². The van der Waals surface area contributed by atoms with Gasteiger partial charge in [0.2, 0.25) is 0 Å². The van der Waals surface area contributed by atoms with Gasteiger partial charge in [-0.05, 0) is 0 Å². The van der Waals surface area contributed by atoms with E-state index in [2.05, 4.69) is 18.9 Å². The molecule has 0 aromatic heterocycles. The van der Waals surface area contributed by atoms with Gasteiger partial charge in [-0.15, -0.1) is 11.8 Å². The van der Waals surface area contributed by atoms with Crippen LogP contribution in [0.5, 0.6) is 0 Å². The first kappa shape index (κ1) is 10.1. The van der Waals surface area contributed by atoms with Crippen molar-refractivity contribution < 1.29 is 0 Å². The number of hydrazone groups is 1. The predicted octanol–water partition coefficient (Wildman–Crippen LogP) is 0.843. The van der Waals surface area contributed by atoms with Crippen LogP contribution in [0.2, 0.25) is 0 Å². The lowest BCUT2D eigenvalue weighted by Crippen LogP contribution is -2.36. The summed E-state index contributed by atoms with van der Waals surface area (Å²) < 4.78 is 0. The van der Waals surface area contributed by atoms with Crippen LogP contribution in [0, 0.1) is 0 Å². The SMILES string of the molecule is CC1SCC(C(N)=NN)SC1C. The van der Waals surface area contributed by atoms with Crippen molar-refractivity contribution >= 4 is 29.4 Å². The zero-order chi connectivity index (χ0) is 9.14. The van der Waals surface area contributed by atoms with E-state index in [0.717, 1.165) is 5.75 Å². The summed E-state index contributed by atoms with van der Waals surface area (Å²) in [6.07, 6.45) is 0. The van der Waals surface area contributed by atoms with Gasteiger partial charge in [0.1, 0.15) is 5.84 Å². The monoisotopic (exact) mass is 205 g/mol. The van der Waals surface area contributed by atoms with Crippen LogP contribution in [-0.2, 0) is 0 Å². The van der Waals surface area contributed by atoms with Gasteiger partial charge in [0.25, 0.3) is 0 Å². The van der Waals surface area contributed by atoms with Gasteiger partial charge >= 0.3 is 0 Å². The zero-order valence-corrected chi connectivity index (χ0v) is 8.99. The molecule has 1 aliphatic rings. The Balaban J connectivity index is 2.51. The number of rotatable bonds is 1. The zero-order valence-electron chi connectivity index (χ0n) is 7.36. The topological polar surface area (TPSA) is 64.4 Å². The number of nitrogens with zero attached hydrogens (tertiary/aromatic N) is 1. The molecule has 1 aliphatic heterocycles. The fourth-order valence-electron chi connectivity index (χ4n) is 1.02. The first-order chi connectivity index (χ1) is 5.65. The Bertz CT molecular complexity index is 183.